The third-order valence-electron chi connectivity index (χ3n) is 13.9. The molecule has 2 aromatic heterocycles. The van der Waals surface area contributed by atoms with Gasteiger partial charge in [0.1, 0.15) is 0 Å². The molecule has 9 aromatic carbocycles. The topological polar surface area (TPSA) is 33.6 Å². The molecule has 396 valence electrons. The molecule has 2 heterocycles. The quantitative estimate of drug-likeness (QED) is 0.153. The van der Waals surface area contributed by atoms with Crippen molar-refractivity contribution in [3.05, 3.63) is 215 Å². The molecule has 0 aliphatic rings. The van der Waals surface area contributed by atoms with Crippen molar-refractivity contribution < 1.29 is 65.9 Å². The van der Waals surface area contributed by atoms with Crippen LogP contribution in [0.5, 0.6) is 0 Å². The number of nitriles is 1. The average Bonchev–Trinajstić information content (AvgIpc) is 3.89. The van der Waals surface area contributed by atoms with Gasteiger partial charge in [-0.15, -0.1) is 0 Å². The van der Waals surface area contributed by atoms with E-state index in [1.165, 1.54) is 73.7 Å². The Balaban J connectivity index is 1.21. The SMILES string of the molecule is Cc1ccc(-c2ccc3c(c2)c2ccccc2n3-c2cc(-c3cc(C(F)(F)F)cc(C(F)(F)F)c3)ccc2-c2cc(C#N)ccc2-n2c3ccccc3c3cc(-c4ccc(C(F)(F)F)cc4C(F)(F)F)ccc32)c(C(F)(F)F)c1. The molecule has 0 bridgehead atoms. The van der Waals surface area contributed by atoms with Crippen LogP contribution in [-0.4, -0.2) is 9.13 Å². The minimum atomic E-state index is -5.22. The first kappa shape index (κ1) is 52.1. The summed E-state index contributed by atoms with van der Waals surface area (Å²) >= 11 is 0. The van der Waals surface area contributed by atoms with E-state index >= 15 is 0 Å². The van der Waals surface area contributed by atoms with Crippen LogP contribution in [0.15, 0.2) is 176 Å². The monoisotopic (exact) mass is 1090 g/mol. The Hall–Kier alpha value is -8.98. The Kier molecular flexibility index (Phi) is 12.1. The van der Waals surface area contributed by atoms with Gasteiger partial charge in [-0.2, -0.15) is 71.1 Å². The molecule has 0 spiro atoms. The van der Waals surface area contributed by atoms with Gasteiger partial charge >= 0.3 is 30.9 Å². The van der Waals surface area contributed by atoms with Crippen LogP contribution in [0.4, 0.5) is 65.9 Å². The third kappa shape index (κ3) is 9.26. The number of hydrogen-bond donors (Lipinski definition) is 0. The molecule has 18 heteroatoms. The molecule has 0 unspecified atom stereocenters. The molecule has 0 radical (unpaired) electrons. The van der Waals surface area contributed by atoms with E-state index in [4.69, 9.17) is 0 Å². The van der Waals surface area contributed by atoms with Gasteiger partial charge in [-0.05, 0) is 137 Å². The number of alkyl halides is 15. The lowest BCUT2D eigenvalue weighted by molar-refractivity contribution is -0.144. The lowest BCUT2D eigenvalue weighted by Crippen LogP contribution is -2.12. The number of fused-ring (bicyclic) bond motifs is 6. The first-order chi connectivity index (χ1) is 37.2. The second-order valence-electron chi connectivity index (χ2n) is 18.8. The summed E-state index contributed by atoms with van der Waals surface area (Å²) < 4.78 is 218. The zero-order valence-electron chi connectivity index (χ0n) is 40.3. The highest BCUT2D eigenvalue weighted by Gasteiger charge is 2.40. The molecule has 0 amide bonds. The van der Waals surface area contributed by atoms with Gasteiger partial charge in [-0.25, -0.2) is 0 Å². The highest BCUT2D eigenvalue weighted by atomic mass is 19.4. The van der Waals surface area contributed by atoms with E-state index in [0.717, 1.165) is 12.1 Å². The van der Waals surface area contributed by atoms with Crippen LogP contribution in [0.3, 0.4) is 0 Å². The van der Waals surface area contributed by atoms with E-state index < -0.39 is 69.8 Å². The van der Waals surface area contributed by atoms with Gasteiger partial charge in [-0.1, -0.05) is 84.4 Å². The summed E-state index contributed by atoms with van der Waals surface area (Å²) in [6.07, 6.45) is -25.5. The number of aryl methyl sites for hydroxylation is 1. The maximum absolute atomic E-state index is 14.6. The first-order valence-corrected chi connectivity index (χ1v) is 23.7. The molecular weight excluding hydrogens is 1060 g/mol. The molecule has 0 aliphatic carbocycles. The van der Waals surface area contributed by atoms with E-state index in [-0.39, 0.29) is 56.8 Å². The van der Waals surface area contributed by atoms with Gasteiger partial charge in [0.25, 0.3) is 0 Å². The van der Waals surface area contributed by atoms with Crippen molar-refractivity contribution in [2.45, 2.75) is 37.8 Å². The lowest BCUT2D eigenvalue weighted by Gasteiger charge is -2.21. The number of aromatic nitrogens is 2. The minimum Gasteiger partial charge on any atom is -0.309 e. The Bertz CT molecular complexity index is 4300. The van der Waals surface area contributed by atoms with Crippen LogP contribution in [0.2, 0.25) is 0 Å². The van der Waals surface area contributed by atoms with Crippen molar-refractivity contribution in [3.8, 4) is 62.0 Å². The Morgan fingerprint density at radius 3 is 1.32 bits per heavy atom. The summed E-state index contributed by atoms with van der Waals surface area (Å²) in [4.78, 5) is 0. The Morgan fingerprint density at radius 1 is 0.329 bits per heavy atom. The number of benzene rings is 9. The highest BCUT2D eigenvalue weighted by Crippen LogP contribution is 2.48. The van der Waals surface area contributed by atoms with Gasteiger partial charge in [0.2, 0.25) is 0 Å². The summed E-state index contributed by atoms with van der Waals surface area (Å²) in [5, 5.41) is 12.1. The number of nitrogens with zero attached hydrogens (tertiary/aromatic N) is 3. The average molecular weight is 1090 g/mol. The van der Waals surface area contributed by atoms with Crippen LogP contribution < -0.4 is 0 Å². The maximum Gasteiger partial charge on any atom is 0.417 e. The zero-order chi connectivity index (χ0) is 56.3. The number of halogens is 15. The highest BCUT2D eigenvalue weighted by molar-refractivity contribution is 6.13. The van der Waals surface area contributed by atoms with E-state index in [0.29, 0.717) is 73.1 Å². The van der Waals surface area contributed by atoms with Crippen LogP contribution >= 0.6 is 0 Å². The number of para-hydroxylation sites is 2. The fourth-order valence-corrected chi connectivity index (χ4v) is 10.4. The smallest absolute Gasteiger partial charge is 0.309 e. The molecule has 0 atom stereocenters. The molecule has 3 nitrogen and oxygen atoms in total. The fourth-order valence-electron chi connectivity index (χ4n) is 10.4. The van der Waals surface area contributed by atoms with Crippen LogP contribution in [0.1, 0.15) is 38.9 Å². The molecule has 79 heavy (non-hydrogen) atoms. The molecule has 0 saturated heterocycles. The van der Waals surface area contributed by atoms with E-state index in [1.54, 1.807) is 75.9 Å². The van der Waals surface area contributed by atoms with E-state index in [1.807, 2.05) is 0 Å². The molecule has 0 N–H and O–H groups in total. The van der Waals surface area contributed by atoms with Crippen molar-refractivity contribution in [2.24, 2.45) is 0 Å². The van der Waals surface area contributed by atoms with Crippen molar-refractivity contribution >= 4 is 43.6 Å². The predicted octanol–water partition coefficient (Wildman–Crippen LogP) is 19.8. The van der Waals surface area contributed by atoms with Crippen LogP contribution in [0, 0.1) is 18.3 Å². The third-order valence-corrected chi connectivity index (χ3v) is 13.9. The molecule has 0 saturated carbocycles. The van der Waals surface area contributed by atoms with E-state index in [9.17, 15) is 71.1 Å². The summed E-state index contributed by atoms with van der Waals surface area (Å²) in [5.41, 5.74) is -5.43. The second kappa shape index (κ2) is 18.3. The summed E-state index contributed by atoms with van der Waals surface area (Å²) in [6, 6.07) is 39.3. The van der Waals surface area contributed by atoms with Gasteiger partial charge in [0.05, 0.1) is 72.9 Å². The van der Waals surface area contributed by atoms with Gasteiger partial charge < -0.3 is 9.13 Å². The van der Waals surface area contributed by atoms with E-state index in [2.05, 4.69) is 6.07 Å². The normalized spacial score (nSPS) is 12.8. The second-order valence-corrected chi connectivity index (χ2v) is 18.8. The number of rotatable bonds is 6. The summed E-state index contributed by atoms with van der Waals surface area (Å²) in [5.74, 6) is 0. The Labute approximate surface area is 437 Å². The van der Waals surface area contributed by atoms with Crippen molar-refractivity contribution in [1.82, 2.24) is 9.13 Å². The van der Waals surface area contributed by atoms with Gasteiger partial charge in [0.15, 0.2) is 0 Å². The molecule has 0 aliphatic heterocycles. The zero-order valence-corrected chi connectivity index (χ0v) is 40.3. The molecule has 11 rings (SSSR count). The number of hydrogen-bond acceptors (Lipinski definition) is 1. The molecule has 0 fully saturated rings. The van der Waals surface area contributed by atoms with Gasteiger partial charge in [-0.3, -0.25) is 0 Å². The van der Waals surface area contributed by atoms with Crippen molar-refractivity contribution in [1.29, 1.82) is 5.26 Å². The predicted molar refractivity (Wildman–Crippen MR) is 271 cm³/mol. The van der Waals surface area contributed by atoms with Crippen molar-refractivity contribution in [3.63, 3.8) is 0 Å². The fraction of sp³-hybridized carbons (Fsp3) is 0.0984. The van der Waals surface area contributed by atoms with Crippen molar-refractivity contribution in [2.75, 3.05) is 0 Å². The minimum absolute atomic E-state index is 0.00527. The largest absolute Gasteiger partial charge is 0.417 e. The standard InChI is InChI=1S/C61H32F15N3/c1-32-10-16-41(49(22-32)60(71,72)73)35-14-21-55-48(26-35)44-7-3-5-9-52(44)79(55)56-28-34(37-24-39(58(65,66)67)29-40(25-37)59(68,69)70)12-17-45(56)46-23-33(31-77)11-19-53(46)78-51-8-4-2-6-43(51)47-27-36(13-20-54(47)78)42-18-15-38(57(62,63)64)30-50(42)61(74,75)76/h2-30H,1H3. The summed E-state index contributed by atoms with van der Waals surface area (Å²) in [7, 11) is 0. The molecule has 11 aromatic rings. The summed E-state index contributed by atoms with van der Waals surface area (Å²) in [6.45, 7) is 1.52. The lowest BCUT2D eigenvalue weighted by atomic mass is 9.93. The van der Waals surface area contributed by atoms with Crippen LogP contribution in [0.25, 0.3) is 99.5 Å². The first-order valence-electron chi connectivity index (χ1n) is 23.7. The maximum atomic E-state index is 14.6. The Morgan fingerprint density at radius 2 is 0.797 bits per heavy atom. The molecular formula is C61H32F15N3. The van der Waals surface area contributed by atoms with Gasteiger partial charge in [0, 0.05) is 32.7 Å². The van der Waals surface area contributed by atoms with Crippen LogP contribution in [-0.2, 0) is 30.9 Å².